The van der Waals surface area contributed by atoms with Gasteiger partial charge in [-0.05, 0) is 24.8 Å². The predicted octanol–water partition coefficient (Wildman–Crippen LogP) is 2.20. The number of anilines is 1. The topological polar surface area (TPSA) is 98.0 Å². The Balaban J connectivity index is 1.93. The molecule has 0 unspecified atom stereocenters. The van der Waals surface area contributed by atoms with E-state index in [0.29, 0.717) is 0 Å². The van der Waals surface area contributed by atoms with E-state index in [9.17, 15) is 8.42 Å². The van der Waals surface area contributed by atoms with Crippen LogP contribution in [-0.2, 0) is 10.0 Å². The molecule has 1 saturated carbocycles. The normalized spacial score (nSPS) is 16.8. The van der Waals surface area contributed by atoms with Crippen molar-refractivity contribution in [2.24, 2.45) is 5.92 Å². The van der Waals surface area contributed by atoms with Crippen LogP contribution in [0, 0.1) is 5.92 Å². The molecule has 1 fully saturated rings. The maximum Gasteiger partial charge on any atom is 0.244 e. The van der Waals surface area contributed by atoms with Gasteiger partial charge in [-0.1, -0.05) is 11.6 Å². The Bertz CT molecular complexity index is 745. The summed E-state index contributed by atoms with van der Waals surface area (Å²) in [6, 6.07) is 0.978. The number of nitrogen functional groups attached to an aromatic ring is 1. The van der Waals surface area contributed by atoms with Gasteiger partial charge in [0.05, 0.1) is 11.1 Å². The van der Waals surface area contributed by atoms with Crippen LogP contribution in [0.3, 0.4) is 0 Å². The van der Waals surface area contributed by atoms with Gasteiger partial charge in [-0.2, -0.15) is 0 Å². The number of hydrogen-bond donors (Lipinski definition) is 2. The largest absolute Gasteiger partial charge is 0.383 e. The summed E-state index contributed by atoms with van der Waals surface area (Å²) < 4.78 is 27.7. The molecule has 3 N–H and O–H groups in total. The van der Waals surface area contributed by atoms with Crippen LogP contribution in [0.1, 0.15) is 23.9 Å². The average molecular weight is 345 g/mol. The molecule has 1 aliphatic rings. The van der Waals surface area contributed by atoms with Crippen molar-refractivity contribution < 1.29 is 8.42 Å². The second kappa shape index (κ2) is 5.53. The first-order valence-electron chi connectivity index (χ1n) is 6.30. The summed E-state index contributed by atoms with van der Waals surface area (Å²) in [5.74, 6) is 0.208. The predicted molar refractivity (Wildman–Crippen MR) is 81.6 cm³/mol. The molecule has 2 aromatic rings. The SMILES string of the molecule is Nc1ncc(Cl)cc1S(=O)(=O)N[C@H](c1nccs1)C1CC1. The highest BCUT2D eigenvalue weighted by atomic mass is 35.5. The fourth-order valence-electron chi connectivity index (χ4n) is 2.04. The Hall–Kier alpha value is -1.22. The number of rotatable bonds is 5. The van der Waals surface area contributed by atoms with Gasteiger partial charge in [0.2, 0.25) is 10.0 Å². The molecule has 3 rings (SSSR count). The van der Waals surface area contributed by atoms with Crippen LogP contribution in [0.25, 0.3) is 0 Å². The van der Waals surface area contributed by atoms with Gasteiger partial charge >= 0.3 is 0 Å². The minimum absolute atomic E-state index is 0.0689. The lowest BCUT2D eigenvalue weighted by molar-refractivity contribution is 0.527. The zero-order chi connectivity index (χ0) is 15.0. The molecule has 21 heavy (non-hydrogen) atoms. The number of hydrogen-bond acceptors (Lipinski definition) is 6. The van der Waals surface area contributed by atoms with Crippen molar-refractivity contribution in [3.8, 4) is 0 Å². The molecule has 2 aromatic heterocycles. The number of thiazole rings is 1. The third kappa shape index (κ3) is 3.18. The molecule has 1 atom stereocenters. The van der Waals surface area contributed by atoms with E-state index in [2.05, 4.69) is 14.7 Å². The first-order chi connectivity index (χ1) is 9.97. The molecule has 0 bridgehead atoms. The van der Waals surface area contributed by atoms with E-state index in [1.54, 1.807) is 6.20 Å². The van der Waals surface area contributed by atoms with E-state index in [1.165, 1.54) is 23.6 Å². The van der Waals surface area contributed by atoms with Crippen molar-refractivity contribution in [2.45, 2.75) is 23.8 Å². The summed E-state index contributed by atoms with van der Waals surface area (Å²) in [4.78, 5) is 7.90. The number of aromatic nitrogens is 2. The standard InChI is InChI=1S/C12H13ClN4O2S2/c13-8-5-9(11(14)16-6-8)21(18,19)17-10(7-1-2-7)12-15-3-4-20-12/h3-7,10,17H,1-2H2,(H2,14,16)/t10-/m0/s1. The van der Waals surface area contributed by atoms with Crippen LogP contribution in [0.5, 0.6) is 0 Å². The summed E-state index contributed by atoms with van der Waals surface area (Å²) >= 11 is 7.24. The van der Waals surface area contributed by atoms with Crippen LogP contribution < -0.4 is 10.5 Å². The smallest absolute Gasteiger partial charge is 0.244 e. The lowest BCUT2D eigenvalue weighted by atomic mass is 10.2. The van der Waals surface area contributed by atoms with Crippen molar-refractivity contribution >= 4 is 38.8 Å². The third-order valence-electron chi connectivity index (χ3n) is 3.23. The van der Waals surface area contributed by atoms with E-state index in [1.807, 2.05) is 5.38 Å². The van der Waals surface area contributed by atoms with Crippen LogP contribution >= 0.6 is 22.9 Å². The highest BCUT2D eigenvalue weighted by Gasteiger charge is 2.37. The summed E-state index contributed by atoms with van der Waals surface area (Å²) in [5, 5.41) is 2.81. The van der Waals surface area contributed by atoms with Crippen molar-refractivity contribution in [1.82, 2.24) is 14.7 Å². The first kappa shape index (κ1) is 14.7. The van der Waals surface area contributed by atoms with E-state index >= 15 is 0 Å². The number of pyridine rings is 1. The van der Waals surface area contributed by atoms with Crippen LogP contribution in [0.15, 0.2) is 28.7 Å². The van der Waals surface area contributed by atoms with E-state index in [-0.39, 0.29) is 27.7 Å². The van der Waals surface area contributed by atoms with Gasteiger partial charge in [0.1, 0.15) is 15.7 Å². The van der Waals surface area contributed by atoms with E-state index in [4.69, 9.17) is 17.3 Å². The third-order valence-corrected chi connectivity index (χ3v) is 5.77. The number of halogens is 1. The van der Waals surface area contributed by atoms with Gasteiger partial charge in [0.25, 0.3) is 0 Å². The maximum atomic E-state index is 12.5. The Morgan fingerprint density at radius 3 is 2.81 bits per heavy atom. The first-order valence-corrected chi connectivity index (χ1v) is 9.04. The summed E-state index contributed by atoms with van der Waals surface area (Å²) in [7, 11) is -3.80. The fourth-order valence-corrected chi connectivity index (χ4v) is 4.50. The second-order valence-corrected chi connectivity index (χ2v) is 7.89. The highest BCUT2D eigenvalue weighted by molar-refractivity contribution is 7.89. The van der Waals surface area contributed by atoms with Gasteiger partial charge in [-0.15, -0.1) is 11.3 Å². The van der Waals surface area contributed by atoms with Crippen LogP contribution in [0.2, 0.25) is 5.02 Å². The van der Waals surface area contributed by atoms with E-state index < -0.39 is 10.0 Å². The summed E-state index contributed by atoms with van der Waals surface area (Å²) in [5.41, 5.74) is 5.66. The van der Waals surface area contributed by atoms with Gasteiger partial charge in [0, 0.05) is 17.8 Å². The summed E-state index contributed by atoms with van der Waals surface area (Å²) in [6.07, 6.45) is 4.94. The molecule has 0 radical (unpaired) electrons. The van der Waals surface area contributed by atoms with E-state index in [0.717, 1.165) is 17.8 Å². The van der Waals surface area contributed by atoms with Gasteiger partial charge in [-0.3, -0.25) is 0 Å². The van der Waals surface area contributed by atoms with Gasteiger partial charge < -0.3 is 5.73 Å². The van der Waals surface area contributed by atoms with Crippen LogP contribution in [-0.4, -0.2) is 18.4 Å². The molecule has 2 heterocycles. The summed E-state index contributed by atoms with van der Waals surface area (Å²) in [6.45, 7) is 0. The Labute approximate surface area is 131 Å². The van der Waals surface area contributed by atoms with Gasteiger partial charge in [-0.25, -0.2) is 23.1 Å². The Kier molecular flexibility index (Phi) is 3.87. The lowest BCUT2D eigenvalue weighted by Gasteiger charge is -2.16. The molecular formula is C12H13ClN4O2S2. The minimum Gasteiger partial charge on any atom is -0.383 e. The molecule has 0 aliphatic heterocycles. The molecule has 6 nitrogen and oxygen atoms in total. The maximum absolute atomic E-state index is 12.5. The number of nitrogens with zero attached hydrogens (tertiary/aromatic N) is 2. The molecule has 0 aromatic carbocycles. The monoisotopic (exact) mass is 344 g/mol. The molecule has 1 aliphatic carbocycles. The molecular weight excluding hydrogens is 332 g/mol. The van der Waals surface area contributed by atoms with Crippen molar-refractivity contribution in [1.29, 1.82) is 0 Å². The second-order valence-electron chi connectivity index (χ2n) is 4.84. The van der Waals surface area contributed by atoms with Crippen LogP contribution in [0.4, 0.5) is 5.82 Å². The van der Waals surface area contributed by atoms with Crippen molar-refractivity contribution in [3.05, 3.63) is 33.9 Å². The molecule has 0 amide bonds. The fraction of sp³-hybridized carbons (Fsp3) is 0.333. The molecule has 0 spiro atoms. The minimum atomic E-state index is -3.80. The Morgan fingerprint density at radius 1 is 1.43 bits per heavy atom. The van der Waals surface area contributed by atoms with Crippen molar-refractivity contribution in [2.75, 3.05) is 5.73 Å². The van der Waals surface area contributed by atoms with Crippen molar-refractivity contribution in [3.63, 3.8) is 0 Å². The number of nitrogens with two attached hydrogens (primary N) is 1. The molecule has 0 saturated heterocycles. The molecule has 9 heteroatoms. The number of nitrogens with one attached hydrogen (secondary N) is 1. The highest BCUT2D eigenvalue weighted by Crippen LogP contribution is 2.42. The molecule has 112 valence electrons. The lowest BCUT2D eigenvalue weighted by Crippen LogP contribution is -2.30. The number of sulfonamides is 1. The average Bonchev–Trinajstić information content (AvgIpc) is 3.13. The zero-order valence-electron chi connectivity index (χ0n) is 10.9. The Morgan fingerprint density at radius 2 is 2.19 bits per heavy atom. The zero-order valence-corrected chi connectivity index (χ0v) is 13.2. The quantitative estimate of drug-likeness (QED) is 0.866. The van der Waals surface area contributed by atoms with Gasteiger partial charge in [0.15, 0.2) is 0 Å².